The summed E-state index contributed by atoms with van der Waals surface area (Å²) in [4.78, 5) is 0. The van der Waals surface area contributed by atoms with E-state index in [0.29, 0.717) is 15.9 Å². The first-order valence-corrected chi connectivity index (χ1v) is 9.94. The lowest BCUT2D eigenvalue weighted by Crippen LogP contribution is -2.14. The van der Waals surface area contributed by atoms with Gasteiger partial charge in [0.15, 0.2) is 0 Å². The smallest absolute Gasteiger partial charge is 0.263 e. The largest absolute Gasteiger partial charge is 0.272 e. The Kier molecular flexibility index (Phi) is 4.27. The van der Waals surface area contributed by atoms with Crippen molar-refractivity contribution in [1.82, 2.24) is 9.78 Å². The van der Waals surface area contributed by atoms with Gasteiger partial charge in [-0.3, -0.25) is 9.40 Å². The second-order valence-electron chi connectivity index (χ2n) is 5.96. The number of anilines is 1. The van der Waals surface area contributed by atoms with Crippen molar-refractivity contribution in [3.05, 3.63) is 28.8 Å². The first-order valence-electron chi connectivity index (χ1n) is 7.57. The summed E-state index contributed by atoms with van der Waals surface area (Å²) in [6.07, 6.45) is 6.05. The van der Waals surface area contributed by atoms with Gasteiger partial charge in [-0.1, -0.05) is 19.3 Å². The zero-order chi connectivity index (χ0) is 15.7. The van der Waals surface area contributed by atoms with E-state index >= 15 is 0 Å². The van der Waals surface area contributed by atoms with Crippen LogP contribution in [0.2, 0.25) is 0 Å². The van der Waals surface area contributed by atoms with E-state index in [4.69, 9.17) is 0 Å². The zero-order valence-corrected chi connectivity index (χ0v) is 14.5. The maximum atomic E-state index is 12.4. The number of nitrogens with one attached hydrogen (secondary N) is 1. The molecule has 0 amide bonds. The summed E-state index contributed by atoms with van der Waals surface area (Å²) < 4.78 is 29.4. The van der Waals surface area contributed by atoms with Gasteiger partial charge >= 0.3 is 0 Å². The van der Waals surface area contributed by atoms with Crippen molar-refractivity contribution in [2.24, 2.45) is 7.05 Å². The SMILES string of the molecule is Cc1csc(S(=O)(=O)Nc2cc(C3CCCCC3)nn2C)c1. The molecule has 0 radical (unpaired) electrons. The molecule has 0 unspecified atom stereocenters. The van der Waals surface area contributed by atoms with Gasteiger partial charge in [0.25, 0.3) is 10.0 Å². The minimum atomic E-state index is -3.52. The molecule has 0 aromatic carbocycles. The van der Waals surface area contributed by atoms with Crippen LogP contribution in [0, 0.1) is 6.92 Å². The monoisotopic (exact) mass is 339 g/mol. The fourth-order valence-electron chi connectivity index (χ4n) is 2.92. The third-order valence-corrected chi connectivity index (χ3v) is 7.04. The summed E-state index contributed by atoms with van der Waals surface area (Å²) >= 11 is 1.24. The van der Waals surface area contributed by atoms with Crippen molar-refractivity contribution < 1.29 is 8.42 Å². The molecule has 7 heteroatoms. The van der Waals surface area contributed by atoms with Crippen molar-refractivity contribution in [2.75, 3.05) is 4.72 Å². The Labute approximate surface area is 135 Å². The number of hydrogen-bond acceptors (Lipinski definition) is 4. The normalized spacial score (nSPS) is 16.8. The summed E-state index contributed by atoms with van der Waals surface area (Å²) in [6, 6.07) is 3.57. The van der Waals surface area contributed by atoms with Crippen LogP contribution in [0.5, 0.6) is 0 Å². The van der Waals surface area contributed by atoms with Crippen molar-refractivity contribution in [3.63, 3.8) is 0 Å². The molecule has 2 heterocycles. The summed E-state index contributed by atoms with van der Waals surface area (Å²) in [5, 5.41) is 6.35. The van der Waals surface area contributed by atoms with E-state index in [1.54, 1.807) is 17.8 Å². The molecule has 1 N–H and O–H groups in total. The summed E-state index contributed by atoms with van der Waals surface area (Å²) in [5.41, 5.74) is 1.96. The number of hydrogen-bond donors (Lipinski definition) is 1. The molecule has 0 saturated heterocycles. The highest BCUT2D eigenvalue weighted by Gasteiger charge is 2.22. The summed E-state index contributed by atoms with van der Waals surface area (Å²) in [6.45, 7) is 1.89. The number of nitrogens with zero attached hydrogens (tertiary/aromatic N) is 2. The number of rotatable bonds is 4. The Morgan fingerprint density at radius 1 is 1.27 bits per heavy atom. The standard InChI is InChI=1S/C15H21N3O2S2/c1-11-8-15(21-10-11)22(19,20)17-14-9-13(16-18(14)2)12-6-4-3-5-7-12/h8-10,12,17H,3-7H2,1-2H3. The van der Waals surface area contributed by atoms with Gasteiger partial charge in [-0.15, -0.1) is 11.3 Å². The molecule has 0 bridgehead atoms. The number of sulfonamides is 1. The summed E-state index contributed by atoms with van der Waals surface area (Å²) in [7, 11) is -1.74. The maximum absolute atomic E-state index is 12.4. The van der Waals surface area contributed by atoms with Gasteiger partial charge in [0, 0.05) is 19.0 Å². The molecule has 22 heavy (non-hydrogen) atoms. The van der Waals surface area contributed by atoms with E-state index in [1.165, 1.54) is 30.6 Å². The van der Waals surface area contributed by atoms with Crippen molar-refractivity contribution >= 4 is 27.2 Å². The molecule has 0 atom stereocenters. The van der Waals surface area contributed by atoms with Gasteiger partial charge in [0.1, 0.15) is 10.0 Å². The molecule has 0 spiro atoms. The van der Waals surface area contributed by atoms with Crippen LogP contribution in [0.25, 0.3) is 0 Å². The minimum Gasteiger partial charge on any atom is -0.263 e. The van der Waals surface area contributed by atoms with Gasteiger partial charge in [-0.05, 0) is 36.8 Å². The maximum Gasteiger partial charge on any atom is 0.272 e. The van der Waals surface area contributed by atoms with Crippen LogP contribution in [0.15, 0.2) is 21.7 Å². The number of aromatic nitrogens is 2. The Morgan fingerprint density at radius 2 is 2.00 bits per heavy atom. The van der Waals surface area contributed by atoms with Gasteiger partial charge < -0.3 is 0 Å². The predicted molar refractivity (Wildman–Crippen MR) is 88.9 cm³/mol. The molecular formula is C15H21N3O2S2. The molecule has 2 aromatic rings. The fourth-order valence-corrected chi connectivity index (χ4v) is 5.22. The van der Waals surface area contributed by atoms with Gasteiger partial charge in [0.05, 0.1) is 5.69 Å². The molecule has 1 aliphatic carbocycles. The highest BCUT2D eigenvalue weighted by atomic mass is 32.2. The highest BCUT2D eigenvalue weighted by Crippen LogP contribution is 2.33. The first-order chi connectivity index (χ1) is 10.5. The van der Waals surface area contributed by atoms with Crippen LogP contribution in [-0.4, -0.2) is 18.2 Å². The van der Waals surface area contributed by atoms with Gasteiger partial charge in [-0.2, -0.15) is 5.10 Å². The molecule has 1 fully saturated rings. The molecule has 3 rings (SSSR count). The van der Waals surface area contributed by atoms with E-state index in [0.717, 1.165) is 24.1 Å². The average molecular weight is 339 g/mol. The topological polar surface area (TPSA) is 64.0 Å². The number of aryl methyl sites for hydroxylation is 2. The molecule has 1 saturated carbocycles. The molecular weight excluding hydrogens is 318 g/mol. The average Bonchev–Trinajstić information content (AvgIpc) is 3.07. The van der Waals surface area contributed by atoms with Gasteiger partial charge in [-0.25, -0.2) is 8.42 Å². The van der Waals surface area contributed by atoms with Crippen LogP contribution in [0.3, 0.4) is 0 Å². The van der Waals surface area contributed by atoms with E-state index in [2.05, 4.69) is 9.82 Å². The van der Waals surface area contributed by atoms with Crippen molar-refractivity contribution in [2.45, 2.75) is 49.2 Å². The van der Waals surface area contributed by atoms with Crippen LogP contribution in [0.1, 0.15) is 49.3 Å². The quantitative estimate of drug-likeness (QED) is 0.925. The Bertz CT molecular complexity index is 756. The lowest BCUT2D eigenvalue weighted by atomic mass is 9.87. The first kappa shape index (κ1) is 15.6. The van der Waals surface area contributed by atoms with Crippen LogP contribution in [0.4, 0.5) is 5.82 Å². The van der Waals surface area contributed by atoms with Crippen LogP contribution in [-0.2, 0) is 17.1 Å². The number of thiophene rings is 1. The van der Waals surface area contributed by atoms with Gasteiger partial charge in [0.2, 0.25) is 0 Å². The molecule has 5 nitrogen and oxygen atoms in total. The van der Waals surface area contributed by atoms with E-state index < -0.39 is 10.0 Å². The van der Waals surface area contributed by atoms with Crippen LogP contribution < -0.4 is 4.72 Å². The second-order valence-corrected chi connectivity index (χ2v) is 8.78. The molecule has 120 valence electrons. The summed E-state index contributed by atoms with van der Waals surface area (Å²) in [5.74, 6) is 0.994. The molecule has 2 aromatic heterocycles. The lowest BCUT2D eigenvalue weighted by molar-refractivity contribution is 0.433. The minimum absolute atomic E-state index is 0.338. The second kappa shape index (κ2) is 6.04. The fraction of sp³-hybridized carbons (Fsp3) is 0.533. The Morgan fingerprint density at radius 3 is 2.64 bits per heavy atom. The predicted octanol–water partition coefficient (Wildman–Crippen LogP) is 3.64. The third kappa shape index (κ3) is 3.20. The highest BCUT2D eigenvalue weighted by molar-refractivity contribution is 7.94. The van der Waals surface area contributed by atoms with E-state index in [9.17, 15) is 8.42 Å². The van der Waals surface area contributed by atoms with Crippen molar-refractivity contribution in [3.8, 4) is 0 Å². The third-order valence-electron chi connectivity index (χ3n) is 4.13. The van der Waals surface area contributed by atoms with E-state index in [-0.39, 0.29) is 0 Å². The molecule has 0 aliphatic heterocycles. The van der Waals surface area contributed by atoms with Crippen LogP contribution >= 0.6 is 11.3 Å². The Hall–Kier alpha value is -1.34. The molecule has 1 aliphatic rings. The lowest BCUT2D eigenvalue weighted by Gasteiger charge is -2.19. The zero-order valence-electron chi connectivity index (χ0n) is 12.9. The van der Waals surface area contributed by atoms with E-state index in [1.807, 2.05) is 18.4 Å². The van der Waals surface area contributed by atoms with Crippen molar-refractivity contribution in [1.29, 1.82) is 0 Å². The Balaban J connectivity index is 1.82.